The van der Waals surface area contributed by atoms with E-state index < -0.39 is 0 Å². The number of fused-ring (bicyclic) bond motifs is 1. The molecule has 0 saturated heterocycles. The first-order valence-corrected chi connectivity index (χ1v) is 7.63. The van der Waals surface area contributed by atoms with Crippen LogP contribution in [0.15, 0.2) is 18.2 Å². The molecule has 1 heterocycles. The summed E-state index contributed by atoms with van der Waals surface area (Å²) < 4.78 is 0. The van der Waals surface area contributed by atoms with Gasteiger partial charge in [-0.25, -0.2) is 0 Å². The molecule has 0 spiro atoms. The van der Waals surface area contributed by atoms with Crippen molar-refractivity contribution in [2.45, 2.75) is 44.9 Å². The quantitative estimate of drug-likeness (QED) is 0.676. The molecule has 0 aliphatic carbocycles. The third-order valence-electron chi connectivity index (χ3n) is 4.49. The lowest BCUT2D eigenvalue weighted by Crippen LogP contribution is -2.24. The van der Waals surface area contributed by atoms with Crippen molar-refractivity contribution < 1.29 is 9.59 Å². The molecule has 3 nitrogen and oxygen atoms in total. The van der Waals surface area contributed by atoms with Crippen LogP contribution in [0.3, 0.4) is 0 Å². The van der Waals surface area contributed by atoms with Gasteiger partial charge in [-0.3, -0.25) is 9.59 Å². The second-order valence-corrected chi connectivity index (χ2v) is 5.62. The Kier molecular flexibility index (Phi) is 4.48. The number of hydrogen-bond acceptors (Lipinski definition) is 2. The average Bonchev–Trinajstić information content (AvgIpc) is 2.62. The number of halogens is 1. The lowest BCUT2D eigenvalue weighted by atomic mass is 9.72. The number of Topliss-reactive ketones (excluding diaryl/α,β-unsaturated/α-hetero) is 1. The summed E-state index contributed by atoms with van der Waals surface area (Å²) >= 11 is 5.64. The van der Waals surface area contributed by atoms with Crippen molar-refractivity contribution in [2.75, 3.05) is 11.2 Å². The Morgan fingerprint density at radius 2 is 2.05 bits per heavy atom. The fourth-order valence-electron chi connectivity index (χ4n) is 3.03. The molecule has 1 aliphatic heterocycles. The summed E-state index contributed by atoms with van der Waals surface area (Å²) in [6.07, 6.45) is 3.24. The predicted molar refractivity (Wildman–Crippen MR) is 81.6 cm³/mol. The number of ketones is 1. The van der Waals surface area contributed by atoms with Crippen LogP contribution in [0.1, 0.15) is 55.5 Å². The molecular weight excluding hydrogens is 274 g/mol. The lowest BCUT2D eigenvalue weighted by molar-refractivity contribution is -0.116. The van der Waals surface area contributed by atoms with Crippen LogP contribution in [-0.4, -0.2) is 17.6 Å². The van der Waals surface area contributed by atoms with Crippen molar-refractivity contribution >= 4 is 29.0 Å². The van der Waals surface area contributed by atoms with Crippen LogP contribution in [-0.2, 0) is 10.2 Å². The van der Waals surface area contributed by atoms with Crippen LogP contribution in [0.5, 0.6) is 0 Å². The fourth-order valence-corrected chi connectivity index (χ4v) is 3.18. The minimum Gasteiger partial charge on any atom is -0.326 e. The van der Waals surface area contributed by atoms with Gasteiger partial charge in [-0.2, -0.15) is 0 Å². The van der Waals surface area contributed by atoms with Gasteiger partial charge in [0, 0.05) is 17.7 Å². The predicted octanol–water partition coefficient (Wildman–Crippen LogP) is 3.90. The molecule has 0 aromatic heterocycles. The molecule has 1 aromatic rings. The topological polar surface area (TPSA) is 46.2 Å². The number of anilines is 1. The van der Waals surface area contributed by atoms with E-state index in [4.69, 9.17) is 11.6 Å². The Balaban J connectivity index is 2.58. The maximum atomic E-state index is 11.8. The maximum Gasteiger partial charge on any atom is 0.224 e. The van der Waals surface area contributed by atoms with Crippen molar-refractivity contribution in [2.24, 2.45) is 0 Å². The maximum absolute atomic E-state index is 11.8. The molecule has 4 heteroatoms. The monoisotopic (exact) mass is 293 g/mol. The number of carbonyl (C=O) groups excluding carboxylic acids is 2. The first kappa shape index (κ1) is 15.0. The van der Waals surface area contributed by atoms with Gasteiger partial charge in [0.1, 0.15) is 0 Å². The smallest absolute Gasteiger partial charge is 0.224 e. The Morgan fingerprint density at radius 3 is 2.65 bits per heavy atom. The first-order valence-electron chi connectivity index (χ1n) is 7.10. The highest BCUT2D eigenvalue weighted by atomic mass is 35.5. The zero-order valence-electron chi connectivity index (χ0n) is 12.0. The fraction of sp³-hybridized carbons (Fsp3) is 0.500. The van der Waals surface area contributed by atoms with Crippen LogP contribution in [0.2, 0.25) is 0 Å². The summed E-state index contributed by atoms with van der Waals surface area (Å²) in [6.45, 7) is 4.28. The van der Waals surface area contributed by atoms with E-state index in [0.717, 1.165) is 30.5 Å². The Hall–Kier alpha value is -1.35. The van der Waals surface area contributed by atoms with Crippen LogP contribution in [0.4, 0.5) is 5.69 Å². The van der Waals surface area contributed by atoms with E-state index in [0.29, 0.717) is 12.0 Å². The number of hydrogen-bond donors (Lipinski definition) is 1. The van der Waals surface area contributed by atoms with Crippen LogP contribution in [0.25, 0.3) is 0 Å². The number of carbonyl (C=O) groups is 2. The van der Waals surface area contributed by atoms with Gasteiger partial charge >= 0.3 is 0 Å². The molecule has 1 aliphatic rings. The van der Waals surface area contributed by atoms with Crippen molar-refractivity contribution in [1.82, 2.24) is 0 Å². The molecule has 2 rings (SSSR count). The first-order chi connectivity index (χ1) is 9.56. The Labute approximate surface area is 124 Å². The van der Waals surface area contributed by atoms with Gasteiger partial charge in [0.05, 0.1) is 5.88 Å². The average molecular weight is 294 g/mol. The summed E-state index contributed by atoms with van der Waals surface area (Å²) in [4.78, 5) is 23.7. The van der Waals surface area contributed by atoms with Gasteiger partial charge in [-0.05, 0) is 48.4 Å². The van der Waals surface area contributed by atoms with E-state index in [2.05, 4.69) is 19.2 Å². The second-order valence-electron chi connectivity index (χ2n) is 5.35. The normalized spacial score (nSPS) is 17.1. The van der Waals surface area contributed by atoms with E-state index in [1.54, 1.807) is 6.07 Å². The standard InChI is InChI=1S/C16H20ClNO2/c1-3-16(4-2)8-7-15(20)18-13-6-5-11(9-12(13)16)14(19)10-17/h5-6,9H,3-4,7-8,10H2,1-2H3,(H,18,20). The van der Waals surface area contributed by atoms with E-state index in [-0.39, 0.29) is 23.0 Å². The molecule has 0 fully saturated rings. The van der Waals surface area contributed by atoms with E-state index in [9.17, 15) is 9.59 Å². The highest BCUT2D eigenvalue weighted by Gasteiger charge is 2.34. The number of rotatable bonds is 4. The number of amides is 1. The summed E-state index contributed by atoms with van der Waals surface area (Å²) in [5.74, 6) is -0.0475. The van der Waals surface area contributed by atoms with Crippen molar-refractivity contribution in [3.05, 3.63) is 29.3 Å². The molecule has 1 N–H and O–H groups in total. The van der Waals surface area contributed by atoms with Crippen molar-refractivity contribution in [3.8, 4) is 0 Å². The second kappa shape index (κ2) is 5.96. The summed E-state index contributed by atoms with van der Waals surface area (Å²) in [5.41, 5.74) is 2.49. The molecule has 0 radical (unpaired) electrons. The molecule has 108 valence electrons. The third kappa shape index (κ3) is 2.59. The van der Waals surface area contributed by atoms with E-state index >= 15 is 0 Å². The van der Waals surface area contributed by atoms with Gasteiger partial charge < -0.3 is 5.32 Å². The third-order valence-corrected chi connectivity index (χ3v) is 4.74. The van der Waals surface area contributed by atoms with Crippen LogP contribution in [0, 0.1) is 0 Å². The number of benzene rings is 1. The SMILES string of the molecule is CCC1(CC)CCC(=O)Nc2ccc(C(=O)CCl)cc21. The molecule has 1 aromatic carbocycles. The van der Waals surface area contributed by atoms with Crippen molar-refractivity contribution in [1.29, 1.82) is 0 Å². The van der Waals surface area contributed by atoms with Gasteiger partial charge in [-0.15, -0.1) is 11.6 Å². The minimum absolute atomic E-state index is 0.0175. The molecule has 0 bridgehead atoms. The van der Waals surface area contributed by atoms with E-state index in [1.807, 2.05) is 12.1 Å². The van der Waals surface area contributed by atoms with Crippen LogP contribution < -0.4 is 5.32 Å². The van der Waals surface area contributed by atoms with Gasteiger partial charge in [0.25, 0.3) is 0 Å². The molecule has 0 saturated carbocycles. The number of alkyl halides is 1. The zero-order valence-corrected chi connectivity index (χ0v) is 12.7. The molecule has 20 heavy (non-hydrogen) atoms. The van der Waals surface area contributed by atoms with Crippen LogP contribution >= 0.6 is 11.6 Å². The Morgan fingerprint density at radius 1 is 1.35 bits per heavy atom. The highest BCUT2D eigenvalue weighted by molar-refractivity contribution is 6.30. The minimum atomic E-state index is -0.0776. The highest BCUT2D eigenvalue weighted by Crippen LogP contribution is 2.42. The largest absolute Gasteiger partial charge is 0.326 e. The summed E-state index contributed by atoms with van der Waals surface area (Å²) in [6, 6.07) is 5.49. The molecule has 1 amide bonds. The van der Waals surface area contributed by atoms with Crippen molar-refractivity contribution in [3.63, 3.8) is 0 Å². The Bertz CT molecular complexity index is 535. The van der Waals surface area contributed by atoms with Gasteiger partial charge in [0.2, 0.25) is 5.91 Å². The summed E-state index contributed by atoms with van der Waals surface area (Å²) in [7, 11) is 0. The number of nitrogens with one attached hydrogen (secondary N) is 1. The lowest BCUT2D eigenvalue weighted by Gasteiger charge is -2.32. The van der Waals surface area contributed by atoms with Gasteiger partial charge in [-0.1, -0.05) is 13.8 Å². The molecule has 0 atom stereocenters. The molecular formula is C16H20ClNO2. The summed E-state index contributed by atoms with van der Waals surface area (Å²) in [5, 5.41) is 2.95. The molecule has 0 unspecified atom stereocenters. The zero-order chi connectivity index (χ0) is 14.8. The van der Waals surface area contributed by atoms with E-state index in [1.165, 1.54) is 0 Å². The van der Waals surface area contributed by atoms with Gasteiger partial charge in [0.15, 0.2) is 5.78 Å².